The second kappa shape index (κ2) is 30.7. The Bertz CT molecular complexity index is 1890. The number of aliphatic imine (C=N–C) groups is 2. The quantitative estimate of drug-likeness (QED) is 0.0333. The maximum Gasteiger partial charge on any atom is 0.135 e. The Labute approximate surface area is 382 Å². The van der Waals surface area contributed by atoms with Crippen LogP contribution in [0.1, 0.15) is 159 Å². The number of pyridine rings is 1. The molecule has 4 aromatic carbocycles. The first-order chi connectivity index (χ1) is 29.4. The normalized spacial score (nSPS) is 11.3. The molecule has 1 heterocycles. The molecule has 0 aliphatic carbocycles. The summed E-state index contributed by atoms with van der Waals surface area (Å²) in [5, 5.41) is 0. The number of unbranched alkanes of at least 4 members (excludes halogenated alkanes) is 17. The molecular weight excluding hydrogens is 783 g/mol. The van der Waals surface area contributed by atoms with Crippen molar-refractivity contribution in [2.24, 2.45) is 9.98 Å². The third-order valence-corrected chi connectivity index (χ3v) is 11.2. The standard InChI is InChI=1S/C45H60N2O.C11H14N.Cr/c1-3-4-5-6-7-8-9-10-11-12-13-14-15-16-17-18-19-26-34-48-45-43(39-28-22-20-23-29-39)35-42(36-44(45)40-30-24-21-25-31-40)47-38(2)41-32-27-33-46-37-41;1-5-12-11-9(3)6-8(2)7-10(11)4;/h20-25,27-33,35-37H,3-19,26,34H2,1-2H3;6-7H,1-4H3;/q;-1;. The van der Waals surface area contributed by atoms with Gasteiger partial charge in [0.05, 0.1) is 12.3 Å². The zero-order valence-corrected chi connectivity index (χ0v) is 39.8. The third kappa shape index (κ3) is 19.1. The van der Waals surface area contributed by atoms with Crippen molar-refractivity contribution in [3.63, 3.8) is 0 Å². The molecule has 0 saturated carbocycles. The van der Waals surface area contributed by atoms with E-state index in [1.165, 1.54) is 126 Å². The van der Waals surface area contributed by atoms with Crippen LogP contribution in [0.4, 0.5) is 11.4 Å². The molecule has 0 unspecified atom stereocenters. The number of benzene rings is 4. The second-order valence-corrected chi connectivity index (χ2v) is 16.5. The smallest absolute Gasteiger partial charge is 0.135 e. The summed E-state index contributed by atoms with van der Waals surface area (Å²) in [6.45, 7) is 13.1. The Morgan fingerprint density at radius 3 is 1.48 bits per heavy atom. The van der Waals surface area contributed by atoms with Gasteiger partial charge in [-0.05, 0) is 49.6 Å². The molecule has 5 aromatic rings. The maximum absolute atomic E-state index is 6.69. The number of hydrogen-bond acceptors (Lipinski definition) is 4. The van der Waals surface area contributed by atoms with Gasteiger partial charge < -0.3 is 9.73 Å². The Balaban J connectivity index is 0.000000656. The predicted octanol–water partition coefficient (Wildman–Crippen LogP) is 17.2. The number of rotatable bonds is 25. The van der Waals surface area contributed by atoms with Gasteiger partial charge >= 0.3 is 0 Å². The van der Waals surface area contributed by atoms with Crippen LogP contribution in [0.25, 0.3) is 22.3 Å². The summed E-state index contributed by atoms with van der Waals surface area (Å²) in [5.41, 5.74) is 12.1. The van der Waals surface area contributed by atoms with E-state index in [1.54, 1.807) is 6.20 Å². The third-order valence-electron chi connectivity index (χ3n) is 11.2. The van der Waals surface area contributed by atoms with Crippen LogP contribution in [-0.2, 0) is 17.4 Å². The fourth-order valence-electron chi connectivity index (χ4n) is 7.97. The van der Waals surface area contributed by atoms with Crippen LogP contribution in [0.3, 0.4) is 0 Å². The van der Waals surface area contributed by atoms with Crippen molar-refractivity contribution in [1.82, 2.24) is 4.98 Å². The largest absolute Gasteiger partial charge is 0.492 e. The van der Waals surface area contributed by atoms with E-state index >= 15 is 0 Å². The minimum absolute atomic E-state index is 0. The number of ether oxygens (including phenoxy) is 1. The van der Waals surface area contributed by atoms with Gasteiger partial charge in [-0.25, -0.2) is 0 Å². The second-order valence-electron chi connectivity index (χ2n) is 16.5. The van der Waals surface area contributed by atoms with E-state index in [0.717, 1.165) is 63.7 Å². The van der Waals surface area contributed by atoms with Gasteiger partial charge in [-0.2, -0.15) is 6.21 Å². The monoisotopic (exact) mass is 857 g/mol. The van der Waals surface area contributed by atoms with Gasteiger partial charge in [0, 0.05) is 52.2 Å². The van der Waals surface area contributed by atoms with Crippen LogP contribution in [0.5, 0.6) is 5.75 Å². The van der Waals surface area contributed by atoms with E-state index in [-0.39, 0.29) is 17.4 Å². The van der Waals surface area contributed by atoms with Gasteiger partial charge in [0.2, 0.25) is 0 Å². The van der Waals surface area contributed by atoms with Gasteiger partial charge in [0.25, 0.3) is 0 Å². The van der Waals surface area contributed by atoms with Crippen LogP contribution in [0.2, 0.25) is 0 Å². The Morgan fingerprint density at radius 1 is 0.590 bits per heavy atom. The van der Waals surface area contributed by atoms with Gasteiger partial charge in [0.1, 0.15) is 5.75 Å². The van der Waals surface area contributed by atoms with Crippen LogP contribution in [-0.4, -0.2) is 23.5 Å². The average Bonchev–Trinajstić information content (AvgIpc) is 3.27. The molecule has 0 amide bonds. The molecule has 0 N–H and O–H groups in total. The zero-order chi connectivity index (χ0) is 42.6. The Kier molecular flexibility index (Phi) is 25.7. The molecule has 5 rings (SSSR count). The first kappa shape index (κ1) is 51.1. The van der Waals surface area contributed by atoms with Gasteiger partial charge in [-0.3, -0.25) is 9.98 Å². The first-order valence-electron chi connectivity index (χ1n) is 23.2. The van der Waals surface area contributed by atoms with Crippen molar-refractivity contribution in [2.45, 2.75) is 157 Å². The van der Waals surface area contributed by atoms with E-state index in [1.807, 2.05) is 26.1 Å². The van der Waals surface area contributed by atoms with Crippen LogP contribution >= 0.6 is 0 Å². The van der Waals surface area contributed by atoms with Gasteiger partial charge in [-0.1, -0.05) is 220 Å². The number of aromatic nitrogens is 1. The first-order valence-corrected chi connectivity index (χ1v) is 23.2. The van der Waals surface area contributed by atoms with Crippen LogP contribution in [0, 0.1) is 20.8 Å². The summed E-state index contributed by atoms with van der Waals surface area (Å²) in [5.74, 6) is 0.942. The van der Waals surface area contributed by atoms with Crippen LogP contribution < -0.4 is 4.74 Å². The van der Waals surface area contributed by atoms with Gasteiger partial charge in [0.15, 0.2) is 0 Å². The van der Waals surface area contributed by atoms with Crippen molar-refractivity contribution < 1.29 is 22.1 Å². The molecule has 5 heteroatoms. The van der Waals surface area contributed by atoms with Crippen molar-refractivity contribution >= 4 is 23.3 Å². The molecule has 0 fully saturated rings. The predicted molar refractivity (Wildman–Crippen MR) is 261 cm³/mol. The van der Waals surface area contributed by atoms with Crippen molar-refractivity contribution in [1.29, 1.82) is 0 Å². The summed E-state index contributed by atoms with van der Waals surface area (Å²) in [6, 6.07) is 33.8. The number of nitrogens with zero attached hydrogens (tertiary/aromatic N) is 3. The zero-order valence-electron chi connectivity index (χ0n) is 38.5. The van der Waals surface area contributed by atoms with E-state index in [2.05, 4.69) is 135 Å². The summed E-state index contributed by atoms with van der Waals surface area (Å²) < 4.78 is 6.69. The molecule has 1 aromatic heterocycles. The van der Waals surface area contributed by atoms with E-state index in [0.29, 0.717) is 0 Å². The minimum atomic E-state index is 0. The topological polar surface area (TPSA) is 46.8 Å². The SMILES string of the molecule is CCCCCCCCCCCCCCCCCCCCOc1c(-c2ccccc2)cc(N=C(C)c2cccnc2)cc1-c1ccccc1.C[C-]=Nc1c(C)cc(C)cc1C.[Cr]. The molecule has 0 aliphatic rings. The summed E-state index contributed by atoms with van der Waals surface area (Å²) >= 11 is 0. The molecule has 0 aliphatic heterocycles. The van der Waals surface area contributed by atoms with E-state index in [9.17, 15) is 0 Å². The molecule has 0 saturated heterocycles. The Hall–Kier alpha value is -4.30. The van der Waals surface area contributed by atoms with Crippen molar-refractivity contribution in [3.8, 4) is 28.0 Å². The summed E-state index contributed by atoms with van der Waals surface area (Å²) in [4.78, 5) is 13.5. The fraction of sp³-hybridized carbons (Fsp3) is 0.446. The summed E-state index contributed by atoms with van der Waals surface area (Å²) in [7, 11) is 0. The molecule has 326 valence electrons. The molecule has 0 atom stereocenters. The van der Waals surface area contributed by atoms with Crippen LogP contribution in [0.15, 0.2) is 119 Å². The molecule has 0 bridgehead atoms. The number of hydrogen-bond donors (Lipinski definition) is 0. The van der Waals surface area contributed by atoms with Gasteiger partial charge in [-0.15, -0.1) is 18.1 Å². The van der Waals surface area contributed by atoms with Crippen molar-refractivity contribution in [2.75, 3.05) is 6.61 Å². The molecule has 0 spiro atoms. The van der Waals surface area contributed by atoms with E-state index in [4.69, 9.17) is 9.73 Å². The molecular formula is C56H74CrN3O-. The molecule has 0 radical (unpaired) electrons. The summed E-state index contributed by atoms with van der Waals surface area (Å²) in [6.07, 6.45) is 31.3. The minimum Gasteiger partial charge on any atom is -0.492 e. The van der Waals surface area contributed by atoms with Crippen molar-refractivity contribution in [3.05, 3.63) is 132 Å². The molecule has 61 heavy (non-hydrogen) atoms. The molecule has 4 nitrogen and oxygen atoms in total. The van der Waals surface area contributed by atoms with E-state index < -0.39 is 0 Å². The maximum atomic E-state index is 6.69. The average molecular weight is 857 g/mol. The Morgan fingerprint density at radius 2 is 1.05 bits per heavy atom. The fourth-order valence-corrected chi connectivity index (χ4v) is 7.97. The number of aryl methyl sites for hydroxylation is 3.